The zero-order valence-electron chi connectivity index (χ0n) is 14.8. The molecule has 7 nitrogen and oxygen atoms in total. The van der Waals surface area contributed by atoms with Crippen molar-refractivity contribution in [2.24, 2.45) is 11.0 Å². The molecule has 0 radical (unpaired) electrons. The number of hydrogen-bond donors (Lipinski definition) is 0. The fourth-order valence-electron chi connectivity index (χ4n) is 3.55. The van der Waals surface area contributed by atoms with Crippen molar-refractivity contribution in [1.29, 1.82) is 0 Å². The van der Waals surface area contributed by atoms with Gasteiger partial charge in [-0.3, -0.25) is 9.78 Å². The molecule has 0 bridgehead atoms. The number of nitrogens with zero attached hydrogens (tertiary/aromatic N) is 6. The van der Waals surface area contributed by atoms with Crippen LogP contribution in [0.4, 0.5) is 5.95 Å². The highest BCUT2D eigenvalue weighted by molar-refractivity contribution is 5.82. The topological polar surface area (TPSA) is 74.6 Å². The van der Waals surface area contributed by atoms with E-state index >= 15 is 0 Å². The number of rotatable bonds is 3. The molecular formula is C19H22N6O. The maximum atomic E-state index is 13.0. The quantitative estimate of drug-likeness (QED) is 0.849. The van der Waals surface area contributed by atoms with Gasteiger partial charge in [0.25, 0.3) is 0 Å². The number of aromatic nitrogens is 3. The summed E-state index contributed by atoms with van der Waals surface area (Å²) in [5, 5.41) is 6.02. The van der Waals surface area contributed by atoms with Crippen LogP contribution < -0.4 is 4.90 Å². The highest BCUT2D eigenvalue weighted by Crippen LogP contribution is 2.31. The summed E-state index contributed by atoms with van der Waals surface area (Å²) in [5.74, 6) is 0.838. The number of pyridine rings is 1. The molecule has 2 aromatic heterocycles. The average molecular weight is 350 g/mol. The first-order valence-electron chi connectivity index (χ1n) is 9.02. The van der Waals surface area contributed by atoms with Crippen LogP contribution in [0.5, 0.6) is 0 Å². The largest absolute Gasteiger partial charge is 0.341 e. The molecule has 0 spiro atoms. The maximum absolute atomic E-state index is 13.0. The van der Waals surface area contributed by atoms with E-state index in [1.807, 2.05) is 37.5 Å². The van der Waals surface area contributed by atoms with E-state index in [0.29, 0.717) is 0 Å². The number of hydrogen-bond acceptors (Lipinski definition) is 6. The molecule has 2 aliphatic rings. The molecule has 0 N–H and O–H groups in total. The van der Waals surface area contributed by atoms with Gasteiger partial charge < -0.3 is 4.90 Å². The standard InChI is InChI=1S/C19H22N6O/c1-14-3-4-16(13-22-14)17-5-10-23-25(17)18(26)15-6-11-24(12-7-15)19-20-8-2-9-21-19/h2-4,8-10,13,15,17H,5-7,11-12H2,1H3/t17-/m0/s1. The average Bonchev–Trinajstić information content (AvgIpc) is 3.19. The molecule has 0 unspecified atom stereocenters. The van der Waals surface area contributed by atoms with Crippen molar-refractivity contribution in [3.63, 3.8) is 0 Å². The first-order valence-corrected chi connectivity index (χ1v) is 9.02. The van der Waals surface area contributed by atoms with E-state index in [1.54, 1.807) is 17.4 Å². The summed E-state index contributed by atoms with van der Waals surface area (Å²) in [7, 11) is 0. The zero-order valence-corrected chi connectivity index (χ0v) is 14.8. The van der Waals surface area contributed by atoms with Gasteiger partial charge in [0.1, 0.15) is 0 Å². The smallest absolute Gasteiger partial charge is 0.246 e. The lowest BCUT2D eigenvalue weighted by Gasteiger charge is -2.33. The van der Waals surface area contributed by atoms with Gasteiger partial charge in [0.05, 0.1) is 6.04 Å². The monoisotopic (exact) mass is 350 g/mol. The Balaban J connectivity index is 1.41. The van der Waals surface area contributed by atoms with Crippen LogP contribution in [0.2, 0.25) is 0 Å². The van der Waals surface area contributed by atoms with Crippen molar-refractivity contribution < 1.29 is 4.79 Å². The molecule has 2 aromatic rings. The zero-order chi connectivity index (χ0) is 17.9. The van der Waals surface area contributed by atoms with E-state index < -0.39 is 0 Å². The first kappa shape index (κ1) is 16.6. The molecule has 0 saturated carbocycles. The Bertz CT molecular complexity index is 783. The molecule has 0 aromatic carbocycles. The highest BCUT2D eigenvalue weighted by atomic mass is 16.2. The SMILES string of the molecule is Cc1ccc([C@@H]2CC=NN2C(=O)C2CCN(c3ncccn3)CC2)cn1. The van der Waals surface area contributed by atoms with Crippen molar-refractivity contribution in [2.75, 3.05) is 18.0 Å². The number of hydrazone groups is 1. The second-order valence-corrected chi connectivity index (χ2v) is 6.78. The lowest BCUT2D eigenvalue weighted by atomic mass is 9.94. The molecule has 1 atom stereocenters. The van der Waals surface area contributed by atoms with Crippen molar-refractivity contribution >= 4 is 18.1 Å². The minimum absolute atomic E-state index is 0.00822. The number of piperidine rings is 1. The summed E-state index contributed by atoms with van der Waals surface area (Å²) in [4.78, 5) is 28.1. The Morgan fingerprint density at radius 3 is 2.58 bits per heavy atom. The van der Waals surface area contributed by atoms with Crippen molar-refractivity contribution in [3.05, 3.63) is 48.0 Å². The summed E-state index contributed by atoms with van der Waals surface area (Å²) in [6.07, 6.45) is 9.51. The number of carbonyl (C=O) groups is 1. The van der Waals surface area contributed by atoms with E-state index in [0.717, 1.165) is 49.6 Å². The van der Waals surface area contributed by atoms with Gasteiger partial charge in [0.2, 0.25) is 11.9 Å². The van der Waals surface area contributed by atoms with E-state index in [4.69, 9.17) is 0 Å². The summed E-state index contributed by atoms with van der Waals surface area (Å²) in [5.41, 5.74) is 2.01. The summed E-state index contributed by atoms with van der Waals surface area (Å²) >= 11 is 0. The van der Waals surface area contributed by atoms with Gasteiger partial charge in [0, 0.05) is 55.9 Å². The minimum Gasteiger partial charge on any atom is -0.341 e. The van der Waals surface area contributed by atoms with Gasteiger partial charge in [-0.15, -0.1) is 0 Å². The van der Waals surface area contributed by atoms with Crippen LogP contribution in [-0.2, 0) is 4.79 Å². The van der Waals surface area contributed by atoms with Gasteiger partial charge in [-0.2, -0.15) is 5.10 Å². The fourth-order valence-corrected chi connectivity index (χ4v) is 3.55. The van der Waals surface area contributed by atoms with Crippen LogP contribution in [0.25, 0.3) is 0 Å². The molecule has 134 valence electrons. The Kier molecular flexibility index (Phi) is 4.60. The van der Waals surface area contributed by atoms with E-state index in [-0.39, 0.29) is 17.9 Å². The normalized spacial score (nSPS) is 20.6. The van der Waals surface area contributed by atoms with Crippen molar-refractivity contribution in [1.82, 2.24) is 20.0 Å². The highest BCUT2D eigenvalue weighted by Gasteiger charge is 2.35. The van der Waals surface area contributed by atoms with E-state index in [9.17, 15) is 4.79 Å². The third-order valence-electron chi connectivity index (χ3n) is 5.05. The molecule has 2 aliphatic heterocycles. The predicted molar refractivity (Wildman–Crippen MR) is 98.6 cm³/mol. The lowest BCUT2D eigenvalue weighted by molar-refractivity contribution is -0.138. The van der Waals surface area contributed by atoms with Gasteiger partial charge >= 0.3 is 0 Å². The summed E-state index contributed by atoms with van der Waals surface area (Å²) < 4.78 is 0. The molecule has 4 rings (SSSR count). The number of amides is 1. The Morgan fingerprint density at radius 2 is 1.88 bits per heavy atom. The molecule has 1 amide bonds. The van der Waals surface area contributed by atoms with Gasteiger partial charge in [0.15, 0.2) is 0 Å². The Morgan fingerprint density at radius 1 is 1.12 bits per heavy atom. The van der Waals surface area contributed by atoms with Crippen LogP contribution >= 0.6 is 0 Å². The number of anilines is 1. The molecular weight excluding hydrogens is 328 g/mol. The van der Waals surface area contributed by atoms with Crippen LogP contribution in [0, 0.1) is 12.8 Å². The van der Waals surface area contributed by atoms with Crippen LogP contribution in [0.1, 0.15) is 36.6 Å². The fraction of sp³-hybridized carbons (Fsp3) is 0.421. The van der Waals surface area contributed by atoms with Crippen LogP contribution in [0.15, 0.2) is 41.9 Å². The van der Waals surface area contributed by atoms with E-state index in [2.05, 4.69) is 25.0 Å². The molecule has 0 aliphatic carbocycles. The van der Waals surface area contributed by atoms with Crippen molar-refractivity contribution in [3.8, 4) is 0 Å². The molecule has 4 heterocycles. The van der Waals surface area contributed by atoms with Gasteiger partial charge in [-0.1, -0.05) is 6.07 Å². The summed E-state index contributed by atoms with van der Waals surface area (Å²) in [6, 6.07) is 5.79. The Labute approximate surface area is 152 Å². The maximum Gasteiger partial charge on any atom is 0.246 e. The van der Waals surface area contributed by atoms with Crippen LogP contribution in [-0.4, -0.2) is 45.2 Å². The molecule has 26 heavy (non-hydrogen) atoms. The van der Waals surface area contributed by atoms with Gasteiger partial charge in [-0.05, 0) is 37.5 Å². The van der Waals surface area contributed by atoms with Crippen molar-refractivity contribution in [2.45, 2.75) is 32.2 Å². The third kappa shape index (κ3) is 3.29. The molecule has 7 heteroatoms. The second-order valence-electron chi connectivity index (χ2n) is 6.78. The summed E-state index contributed by atoms with van der Waals surface area (Å²) in [6.45, 7) is 3.53. The first-order chi connectivity index (χ1) is 12.7. The lowest BCUT2D eigenvalue weighted by Crippen LogP contribution is -2.41. The predicted octanol–water partition coefficient (Wildman–Crippen LogP) is 2.36. The van der Waals surface area contributed by atoms with Crippen LogP contribution in [0.3, 0.4) is 0 Å². The number of carbonyl (C=O) groups excluding carboxylic acids is 1. The third-order valence-corrected chi connectivity index (χ3v) is 5.05. The minimum atomic E-state index is -0.0360. The molecule has 1 saturated heterocycles. The second kappa shape index (κ2) is 7.19. The molecule has 1 fully saturated rings. The van der Waals surface area contributed by atoms with E-state index in [1.165, 1.54) is 0 Å². The van der Waals surface area contributed by atoms with Gasteiger partial charge in [-0.25, -0.2) is 15.0 Å². The number of aryl methyl sites for hydroxylation is 1. The Hall–Kier alpha value is -2.83.